The first-order valence-electron chi connectivity index (χ1n) is 4.17. The van der Waals surface area contributed by atoms with E-state index in [4.69, 9.17) is 5.73 Å². The zero-order valence-electron chi connectivity index (χ0n) is 8.52. The van der Waals surface area contributed by atoms with Crippen molar-refractivity contribution in [2.45, 2.75) is 27.7 Å². The molecule has 1 heteroatoms. The third kappa shape index (κ3) is 4.02. The number of nitrogens with two attached hydrogens (primary N) is 1. The molecule has 0 aliphatic heterocycles. The number of hydrogen-bond donors (Lipinski definition) is 1. The van der Waals surface area contributed by atoms with Crippen molar-refractivity contribution < 1.29 is 0 Å². The molecule has 0 atom stereocenters. The molecular formula is C11H19N. The number of rotatable bonds is 2. The fourth-order valence-corrected chi connectivity index (χ4v) is 0.894. The average molecular weight is 165 g/mol. The summed E-state index contributed by atoms with van der Waals surface area (Å²) in [5.41, 5.74) is 7.46. The van der Waals surface area contributed by atoms with Crippen molar-refractivity contribution in [3.63, 3.8) is 0 Å². The molecule has 0 spiro atoms. The van der Waals surface area contributed by atoms with Gasteiger partial charge in [-0.3, -0.25) is 0 Å². The highest BCUT2D eigenvalue weighted by Gasteiger charge is 2.13. The van der Waals surface area contributed by atoms with Gasteiger partial charge in [-0.25, -0.2) is 0 Å². The predicted octanol–water partition coefficient (Wildman–Crippen LogP) is 3.01. The van der Waals surface area contributed by atoms with Crippen LogP contribution in [-0.2, 0) is 0 Å². The Labute approximate surface area is 75.7 Å². The van der Waals surface area contributed by atoms with Crippen molar-refractivity contribution in [3.05, 3.63) is 36.1 Å². The van der Waals surface area contributed by atoms with Crippen LogP contribution in [0.15, 0.2) is 36.1 Å². The topological polar surface area (TPSA) is 26.0 Å². The molecular weight excluding hydrogens is 146 g/mol. The van der Waals surface area contributed by atoms with Gasteiger partial charge in [-0.1, -0.05) is 39.5 Å². The van der Waals surface area contributed by atoms with Gasteiger partial charge in [0.05, 0.1) is 0 Å². The summed E-state index contributed by atoms with van der Waals surface area (Å²) in [6, 6.07) is 0. The van der Waals surface area contributed by atoms with Gasteiger partial charge >= 0.3 is 0 Å². The molecule has 2 N–H and O–H groups in total. The molecule has 0 bridgehead atoms. The summed E-state index contributed by atoms with van der Waals surface area (Å²) in [6.07, 6.45) is 6.00. The van der Waals surface area contributed by atoms with E-state index >= 15 is 0 Å². The Morgan fingerprint density at radius 2 is 1.83 bits per heavy atom. The van der Waals surface area contributed by atoms with Crippen LogP contribution in [0.5, 0.6) is 0 Å². The van der Waals surface area contributed by atoms with E-state index in [1.54, 1.807) is 0 Å². The lowest BCUT2D eigenvalue weighted by atomic mass is 9.85. The highest BCUT2D eigenvalue weighted by molar-refractivity contribution is 5.31. The van der Waals surface area contributed by atoms with E-state index in [2.05, 4.69) is 33.4 Å². The largest absolute Gasteiger partial charge is 0.399 e. The molecule has 0 heterocycles. The van der Waals surface area contributed by atoms with Gasteiger partial charge in [-0.2, -0.15) is 0 Å². The first kappa shape index (κ1) is 11.0. The molecule has 68 valence electrons. The van der Waals surface area contributed by atoms with Crippen molar-refractivity contribution in [3.8, 4) is 0 Å². The highest BCUT2D eigenvalue weighted by Crippen LogP contribution is 2.26. The van der Waals surface area contributed by atoms with Crippen molar-refractivity contribution in [2.75, 3.05) is 0 Å². The molecule has 12 heavy (non-hydrogen) atoms. The third-order valence-electron chi connectivity index (χ3n) is 1.55. The van der Waals surface area contributed by atoms with Crippen molar-refractivity contribution in [2.24, 2.45) is 11.1 Å². The molecule has 0 fully saturated rings. The molecule has 0 aliphatic rings. The Bertz CT molecular complexity index is 214. The third-order valence-corrected chi connectivity index (χ3v) is 1.55. The summed E-state index contributed by atoms with van der Waals surface area (Å²) in [5.74, 6) is 0. The molecule has 0 aromatic rings. The molecule has 0 rings (SSSR count). The first-order valence-corrected chi connectivity index (χ1v) is 4.17. The van der Waals surface area contributed by atoms with Crippen LogP contribution in [0.3, 0.4) is 0 Å². The van der Waals surface area contributed by atoms with Crippen LogP contribution in [0.25, 0.3) is 0 Å². The van der Waals surface area contributed by atoms with Crippen LogP contribution in [0, 0.1) is 5.41 Å². The highest BCUT2D eigenvalue weighted by atomic mass is 14.5. The van der Waals surface area contributed by atoms with Crippen LogP contribution < -0.4 is 5.73 Å². The van der Waals surface area contributed by atoms with E-state index in [0.29, 0.717) is 5.70 Å². The quantitative estimate of drug-likeness (QED) is 0.625. The summed E-state index contributed by atoms with van der Waals surface area (Å²) in [7, 11) is 0. The molecule has 0 aromatic carbocycles. The maximum absolute atomic E-state index is 5.52. The van der Waals surface area contributed by atoms with Gasteiger partial charge in [0.2, 0.25) is 0 Å². The fourth-order valence-electron chi connectivity index (χ4n) is 0.894. The second-order valence-electron chi connectivity index (χ2n) is 3.92. The lowest BCUT2D eigenvalue weighted by molar-refractivity contribution is 0.516. The van der Waals surface area contributed by atoms with Gasteiger partial charge in [0, 0.05) is 5.70 Å². The lowest BCUT2D eigenvalue weighted by Gasteiger charge is -2.20. The van der Waals surface area contributed by atoms with E-state index in [9.17, 15) is 0 Å². The van der Waals surface area contributed by atoms with E-state index < -0.39 is 0 Å². The van der Waals surface area contributed by atoms with E-state index in [0.717, 1.165) is 0 Å². The Morgan fingerprint density at radius 1 is 1.33 bits per heavy atom. The molecule has 0 unspecified atom stereocenters. The van der Waals surface area contributed by atoms with Crippen molar-refractivity contribution in [1.82, 2.24) is 0 Å². The van der Waals surface area contributed by atoms with Crippen molar-refractivity contribution >= 4 is 0 Å². The molecule has 0 saturated heterocycles. The summed E-state index contributed by atoms with van der Waals surface area (Å²) < 4.78 is 0. The van der Waals surface area contributed by atoms with Gasteiger partial charge < -0.3 is 5.73 Å². The molecule has 0 aromatic heterocycles. The number of hydrogen-bond acceptors (Lipinski definition) is 1. The molecule has 1 nitrogen and oxygen atoms in total. The van der Waals surface area contributed by atoms with Gasteiger partial charge in [-0.15, -0.1) is 0 Å². The van der Waals surface area contributed by atoms with Crippen LogP contribution in [-0.4, -0.2) is 0 Å². The Hall–Kier alpha value is -0.980. The summed E-state index contributed by atoms with van der Waals surface area (Å²) in [6.45, 7) is 12.1. The SMILES string of the molecule is C=C(N)/C=C(\C=C/C)C(C)(C)C. The van der Waals surface area contributed by atoms with Crippen LogP contribution in [0.2, 0.25) is 0 Å². The first-order chi connectivity index (χ1) is 5.38. The smallest absolute Gasteiger partial charge is 0.0243 e. The van der Waals surface area contributed by atoms with Gasteiger partial charge in [0.25, 0.3) is 0 Å². The summed E-state index contributed by atoms with van der Waals surface area (Å²) in [4.78, 5) is 0. The minimum Gasteiger partial charge on any atom is -0.399 e. The lowest BCUT2D eigenvalue weighted by Crippen LogP contribution is -2.08. The maximum atomic E-state index is 5.52. The van der Waals surface area contributed by atoms with E-state index in [1.807, 2.05) is 19.1 Å². The monoisotopic (exact) mass is 165 g/mol. The second-order valence-corrected chi connectivity index (χ2v) is 3.92. The minimum absolute atomic E-state index is 0.134. The van der Waals surface area contributed by atoms with Crippen LogP contribution >= 0.6 is 0 Å². The molecule has 0 aliphatic carbocycles. The minimum atomic E-state index is 0.134. The van der Waals surface area contributed by atoms with E-state index in [-0.39, 0.29) is 5.41 Å². The zero-order valence-corrected chi connectivity index (χ0v) is 8.52. The molecule has 0 amide bonds. The fraction of sp³-hybridized carbons (Fsp3) is 0.455. The van der Waals surface area contributed by atoms with Crippen LogP contribution in [0.1, 0.15) is 27.7 Å². The predicted molar refractivity (Wildman–Crippen MR) is 55.7 cm³/mol. The van der Waals surface area contributed by atoms with Crippen LogP contribution in [0.4, 0.5) is 0 Å². The zero-order chi connectivity index (χ0) is 9.78. The van der Waals surface area contributed by atoms with Crippen molar-refractivity contribution in [1.29, 1.82) is 0 Å². The van der Waals surface area contributed by atoms with Gasteiger partial charge in [0.1, 0.15) is 0 Å². The molecule has 0 saturated carbocycles. The van der Waals surface area contributed by atoms with E-state index in [1.165, 1.54) is 5.57 Å². The second kappa shape index (κ2) is 4.15. The normalized spacial score (nSPS) is 13.8. The molecule has 0 radical (unpaired) electrons. The maximum Gasteiger partial charge on any atom is 0.0243 e. The Kier molecular flexibility index (Phi) is 3.81. The Morgan fingerprint density at radius 3 is 2.08 bits per heavy atom. The number of allylic oxidation sites excluding steroid dienone is 4. The average Bonchev–Trinajstić information content (AvgIpc) is 1.83. The standard InChI is InChI=1S/C11H19N/c1-6-7-10(8-9(2)12)11(3,4)5/h6-8H,2,12H2,1,3-5H3/b7-6-,10-8+. The Balaban J connectivity index is 4.80. The summed E-state index contributed by atoms with van der Waals surface area (Å²) >= 11 is 0. The van der Waals surface area contributed by atoms with Gasteiger partial charge in [0.15, 0.2) is 0 Å². The summed E-state index contributed by atoms with van der Waals surface area (Å²) in [5, 5.41) is 0. The van der Waals surface area contributed by atoms with Gasteiger partial charge in [-0.05, 0) is 24.0 Å².